The summed E-state index contributed by atoms with van der Waals surface area (Å²) in [5, 5.41) is 0.423. The summed E-state index contributed by atoms with van der Waals surface area (Å²) in [6.07, 6.45) is 0. The van der Waals surface area contributed by atoms with Crippen LogP contribution in [0.15, 0.2) is 36.4 Å². The second-order valence-corrected chi connectivity index (χ2v) is 5.48. The zero-order valence-electron chi connectivity index (χ0n) is 11.2. The highest BCUT2D eigenvalue weighted by molar-refractivity contribution is 6.31. The Morgan fingerprint density at radius 2 is 1.74 bits per heavy atom. The van der Waals surface area contributed by atoms with E-state index in [1.54, 1.807) is 7.11 Å². The molecule has 0 aliphatic heterocycles. The second kappa shape index (κ2) is 5.85. The molecule has 100 valence electrons. The first kappa shape index (κ1) is 14.2. The van der Waals surface area contributed by atoms with Gasteiger partial charge in [0.1, 0.15) is 5.75 Å². The van der Waals surface area contributed by atoms with Crippen molar-refractivity contribution in [2.75, 3.05) is 7.11 Å². The summed E-state index contributed by atoms with van der Waals surface area (Å²) in [5.41, 5.74) is 4.25. The van der Waals surface area contributed by atoms with E-state index >= 15 is 0 Å². The average Bonchev–Trinajstić information content (AvgIpc) is 2.40. The predicted molar refractivity (Wildman–Crippen MR) is 81.6 cm³/mol. The average molecular weight is 295 g/mol. The van der Waals surface area contributed by atoms with Gasteiger partial charge in [-0.2, -0.15) is 0 Å². The molecule has 2 aromatic rings. The molecule has 0 saturated carbocycles. The van der Waals surface area contributed by atoms with Crippen molar-refractivity contribution in [3.05, 3.63) is 63.7 Å². The van der Waals surface area contributed by atoms with Crippen LogP contribution >= 0.6 is 23.2 Å². The van der Waals surface area contributed by atoms with Gasteiger partial charge in [0, 0.05) is 10.6 Å². The van der Waals surface area contributed by atoms with E-state index in [2.05, 4.69) is 6.07 Å². The summed E-state index contributed by atoms with van der Waals surface area (Å²) < 4.78 is 5.40. The molecule has 0 N–H and O–H groups in total. The molecule has 0 spiro atoms. The molecule has 1 nitrogen and oxygen atoms in total. The summed E-state index contributed by atoms with van der Waals surface area (Å²) in [7, 11) is 1.66. The number of methoxy groups -OCH3 is 1. The topological polar surface area (TPSA) is 9.23 Å². The third-order valence-electron chi connectivity index (χ3n) is 3.17. The number of hydrogen-bond donors (Lipinski definition) is 0. The van der Waals surface area contributed by atoms with E-state index in [1.807, 2.05) is 44.2 Å². The summed E-state index contributed by atoms with van der Waals surface area (Å²) in [6, 6.07) is 11.8. The number of halogens is 2. The smallest absolute Gasteiger partial charge is 0.123 e. The zero-order valence-corrected chi connectivity index (χ0v) is 12.7. The maximum atomic E-state index is 6.63. The molecule has 2 rings (SSSR count). The van der Waals surface area contributed by atoms with Crippen LogP contribution in [0, 0.1) is 13.8 Å². The molecule has 2 aromatic carbocycles. The van der Waals surface area contributed by atoms with Gasteiger partial charge in [0.15, 0.2) is 0 Å². The van der Waals surface area contributed by atoms with Gasteiger partial charge >= 0.3 is 0 Å². The molecule has 0 bridgehead atoms. The van der Waals surface area contributed by atoms with Gasteiger partial charge in [-0.1, -0.05) is 35.4 Å². The van der Waals surface area contributed by atoms with Gasteiger partial charge in [0.25, 0.3) is 0 Å². The van der Waals surface area contributed by atoms with Gasteiger partial charge in [-0.15, -0.1) is 11.6 Å². The Labute approximate surface area is 124 Å². The van der Waals surface area contributed by atoms with Gasteiger partial charge in [-0.25, -0.2) is 0 Å². The van der Waals surface area contributed by atoms with Crippen LogP contribution in [0.1, 0.15) is 27.6 Å². The van der Waals surface area contributed by atoms with Crippen LogP contribution in [-0.2, 0) is 0 Å². The fourth-order valence-corrected chi connectivity index (χ4v) is 2.69. The van der Waals surface area contributed by atoms with Crippen molar-refractivity contribution in [2.24, 2.45) is 0 Å². The molecule has 0 saturated heterocycles. The van der Waals surface area contributed by atoms with E-state index in [9.17, 15) is 0 Å². The van der Waals surface area contributed by atoms with Crippen LogP contribution in [-0.4, -0.2) is 7.11 Å². The van der Waals surface area contributed by atoms with Crippen molar-refractivity contribution in [1.29, 1.82) is 0 Å². The van der Waals surface area contributed by atoms with Crippen LogP contribution in [0.25, 0.3) is 0 Å². The number of rotatable bonds is 3. The van der Waals surface area contributed by atoms with Crippen molar-refractivity contribution < 1.29 is 4.74 Å². The highest BCUT2D eigenvalue weighted by Gasteiger charge is 2.18. The summed E-state index contributed by atoms with van der Waals surface area (Å²) >= 11 is 12.7. The number of benzene rings is 2. The van der Waals surface area contributed by atoms with Crippen molar-refractivity contribution in [3.63, 3.8) is 0 Å². The molecule has 0 aromatic heterocycles. The minimum atomic E-state index is -0.270. The molecule has 0 heterocycles. The Bertz CT molecular complexity index is 593. The number of alkyl halides is 1. The van der Waals surface area contributed by atoms with Crippen LogP contribution in [0.2, 0.25) is 5.02 Å². The van der Waals surface area contributed by atoms with Crippen LogP contribution in [0.4, 0.5) is 0 Å². The molecule has 0 amide bonds. The Morgan fingerprint density at radius 1 is 1.00 bits per heavy atom. The van der Waals surface area contributed by atoms with E-state index in [0.29, 0.717) is 5.02 Å². The molecule has 0 fully saturated rings. The fraction of sp³-hybridized carbons (Fsp3) is 0.250. The van der Waals surface area contributed by atoms with Crippen molar-refractivity contribution in [3.8, 4) is 5.75 Å². The third kappa shape index (κ3) is 3.05. The lowest BCUT2D eigenvalue weighted by atomic mass is 9.98. The summed E-state index contributed by atoms with van der Waals surface area (Å²) in [4.78, 5) is 0. The molecule has 19 heavy (non-hydrogen) atoms. The fourth-order valence-electron chi connectivity index (χ4n) is 2.10. The first-order valence-electron chi connectivity index (χ1n) is 6.07. The van der Waals surface area contributed by atoms with Crippen molar-refractivity contribution >= 4 is 23.2 Å². The highest BCUT2D eigenvalue weighted by Crippen LogP contribution is 2.37. The molecule has 0 radical (unpaired) electrons. The van der Waals surface area contributed by atoms with Gasteiger partial charge in [0.05, 0.1) is 12.5 Å². The van der Waals surface area contributed by atoms with E-state index in [-0.39, 0.29) is 5.38 Å². The minimum absolute atomic E-state index is 0.270. The normalized spacial score (nSPS) is 12.3. The van der Waals surface area contributed by atoms with Gasteiger partial charge in [0.2, 0.25) is 0 Å². The van der Waals surface area contributed by atoms with E-state index in [1.165, 1.54) is 0 Å². The lowest BCUT2D eigenvalue weighted by Crippen LogP contribution is -2.00. The molecular weight excluding hydrogens is 279 g/mol. The second-order valence-electron chi connectivity index (χ2n) is 4.61. The number of ether oxygens (including phenoxy) is 1. The standard InChI is InChI=1S/C16H16Cl2O/c1-10-4-7-15(19-3)14(8-10)16(18)13-9-12(17)6-5-11(13)2/h4-9,16H,1-3H3. The van der Waals surface area contributed by atoms with Gasteiger partial charge in [-0.05, 0) is 43.2 Å². The lowest BCUT2D eigenvalue weighted by molar-refractivity contribution is 0.410. The first-order chi connectivity index (χ1) is 9.02. The molecule has 0 aliphatic rings. The van der Waals surface area contributed by atoms with Crippen LogP contribution < -0.4 is 4.74 Å². The quantitative estimate of drug-likeness (QED) is 0.699. The minimum Gasteiger partial charge on any atom is -0.496 e. The van der Waals surface area contributed by atoms with Crippen LogP contribution in [0.3, 0.4) is 0 Å². The van der Waals surface area contributed by atoms with Crippen LogP contribution in [0.5, 0.6) is 5.75 Å². The predicted octanol–water partition coefficient (Wildman–Crippen LogP) is 5.29. The number of hydrogen-bond acceptors (Lipinski definition) is 1. The third-order valence-corrected chi connectivity index (χ3v) is 3.88. The van der Waals surface area contributed by atoms with E-state index in [0.717, 1.165) is 28.0 Å². The SMILES string of the molecule is COc1ccc(C)cc1C(Cl)c1cc(Cl)ccc1C. The molecule has 1 atom stereocenters. The molecule has 0 aliphatic carbocycles. The molecule has 1 unspecified atom stereocenters. The van der Waals surface area contributed by atoms with Crippen molar-refractivity contribution in [1.82, 2.24) is 0 Å². The van der Waals surface area contributed by atoms with E-state index < -0.39 is 0 Å². The summed E-state index contributed by atoms with van der Waals surface area (Å²) in [6.45, 7) is 4.07. The van der Waals surface area contributed by atoms with E-state index in [4.69, 9.17) is 27.9 Å². The Hall–Kier alpha value is -1.18. The van der Waals surface area contributed by atoms with Gasteiger partial charge < -0.3 is 4.74 Å². The Kier molecular flexibility index (Phi) is 4.38. The molecule has 3 heteroatoms. The Balaban J connectivity index is 2.51. The highest BCUT2D eigenvalue weighted by atomic mass is 35.5. The maximum absolute atomic E-state index is 6.63. The Morgan fingerprint density at radius 3 is 2.42 bits per heavy atom. The maximum Gasteiger partial charge on any atom is 0.123 e. The summed E-state index contributed by atoms with van der Waals surface area (Å²) in [5.74, 6) is 0.796. The monoisotopic (exact) mass is 294 g/mol. The van der Waals surface area contributed by atoms with Crippen molar-refractivity contribution in [2.45, 2.75) is 19.2 Å². The number of aryl methyl sites for hydroxylation is 2. The van der Waals surface area contributed by atoms with Gasteiger partial charge in [-0.3, -0.25) is 0 Å². The first-order valence-corrected chi connectivity index (χ1v) is 6.89. The largest absolute Gasteiger partial charge is 0.496 e. The zero-order chi connectivity index (χ0) is 14.0. The lowest BCUT2D eigenvalue weighted by Gasteiger charge is -2.17. The molecular formula is C16H16Cl2O.